The molecular weight excluding hydrogens is 366 g/mol. The maximum atomic E-state index is 12.8. The molecule has 1 heterocycles. The number of nitrogens with zero attached hydrogens (tertiary/aromatic N) is 1. The minimum Gasteiger partial charge on any atom is -0.229 e. The highest BCUT2D eigenvalue weighted by Crippen LogP contribution is 2.31. The molecule has 20 heavy (non-hydrogen) atoms. The van der Waals surface area contributed by atoms with E-state index in [2.05, 4.69) is 15.9 Å². The summed E-state index contributed by atoms with van der Waals surface area (Å²) in [6.07, 6.45) is 4.26. The lowest BCUT2D eigenvalue weighted by Crippen LogP contribution is -2.50. The molecule has 2 fully saturated rings. The maximum absolute atomic E-state index is 12.8. The summed E-state index contributed by atoms with van der Waals surface area (Å²) in [5.74, 6) is 0.0156. The van der Waals surface area contributed by atoms with Crippen LogP contribution in [0.3, 0.4) is 0 Å². The van der Waals surface area contributed by atoms with Gasteiger partial charge in [-0.25, -0.2) is 16.8 Å². The molecule has 0 amide bonds. The van der Waals surface area contributed by atoms with E-state index in [1.165, 1.54) is 0 Å². The van der Waals surface area contributed by atoms with Crippen LogP contribution in [0, 0.1) is 0 Å². The smallest absolute Gasteiger partial charge is 0.217 e. The molecule has 0 radical (unpaired) electrons. The fourth-order valence-electron chi connectivity index (χ4n) is 2.77. The number of hydrogen-bond donors (Lipinski definition) is 0. The van der Waals surface area contributed by atoms with Gasteiger partial charge in [0.15, 0.2) is 0 Å². The van der Waals surface area contributed by atoms with Gasteiger partial charge in [-0.2, -0.15) is 4.31 Å². The van der Waals surface area contributed by atoms with Gasteiger partial charge in [-0.05, 0) is 32.1 Å². The molecule has 1 aliphatic carbocycles. The highest BCUT2D eigenvalue weighted by molar-refractivity contribution is 9.09. The molecule has 0 aromatic rings. The van der Waals surface area contributed by atoms with E-state index in [0.29, 0.717) is 6.54 Å². The normalized spacial score (nSPS) is 24.7. The van der Waals surface area contributed by atoms with Gasteiger partial charge in [0, 0.05) is 17.9 Å². The summed E-state index contributed by atoms with van der Waals surface area (Å²) in [4.78, 5) is 0. The van der Waals surface area contributed by atoms with Crippen molar-refractivity contribution in [2.24, 2.45) is 0 Å². The van der Waals surface area contributed by atoms with Crippen LogP contribution in [-0.4, -0.2) is 55.8 Å². The Balaban J connectivity index is 2.09. The fourth-order valence-corrected chi connectivity index (χ4v) is 7.03. The Hall–Kier alpha value is 0.340. The van der Waals surface area contributed by atoms with Crippen LogP contribution in [-0.2, 0) is 19.9 Å². The maximum Gasteiger partial charge on any atom is 0.217 e. The predicted molar refractivity (Wildman–Crippen MR) is 83.4 cm³/mol. The van der Waals surface area contributed by atoms with E-state index in [0.717, 1.165) is 31.0 Å². The van der Waals surface area contributed by atoms with Crippen LogP contribution in [0.5, 0.6) is 0 Å². The number of sulfonamides is 1. The second kappa shape index (κ2) is 6.62. The predicted octanol–water partition coefficient (Wildman–Crippen LogP) is 1.53. The molecule has 2 aliphatic rings. The zero-order valence-electron chi connectivity index (χ0n) is 11.5. The number of alkyl halides is 1. The van der Waals surface area contributed by atoms with E-state index >= 15 is 0 Å². The van der Waals surface area contributed by atoms with Gasteiger partial charge in [-0.15, -0.1) is 0 Å². The minimum absolute atomic E-state index is 0.00779. The lowest BCUT2D eigenvalue weighted by Gasteiger charge is -2.39. The summed E-state index contributed by atoms with van der Waals surface area (Å²) in [6.45, 7) is 0.543. The Morgan fingerprint density at radius 3 is 2.15 bits per heavy atom. The van der Waals surface area contributed by atoms with Crippen molar-refractivity contribution in [2.45, 2.75) is 49.8 Å². The molecule has 0 N–H and O–H groups in total. The van der Waals surface area contributed by atoms with Crippen LogP contribution in [0.25, 0.3) is 0 Å². The first-order chi connectivity index (χ1) is 9.37. The minimum atomic E-state index is -3.36. The van der Waals surface area contributed by atoms with Crippen LogP contribution in [0.15, 0.2) is 0 Å². The summed E-state index contributed by atoms with van der Waals surface area (Å²) >= 11 is 3.34. The topological polar surface area (TPSA) is 71.5 Å². The quantitative estimate of drug-likeness (QED) is 0.647. The highest BCUT2D eigenvalue weighted by atomic mass is 79.9. The van der Waals surface area contributed by atoms with Crippen LogP contribution in [0.1, 0.15) is 38.5 Å². The van der Waals surface area contributed by atoms with Gasteiger partial charge >= 0.3 is 0 Å². The first-order valence-electron chi connectivity index (χ1n) is 7.14. The first kappa shape index (κ1) is 16.7. The van der Waals surface area contributed by atoms with Crippen molar-refractivity contribution < 1.29 is 16.8 Å². The average Bonchev–Trinajstić information content (AvgIpc) is 2.31. The SMILES string of the molecule is O=S1(=O)CCC(S(=O)(=O)N(CCCBr)C2CCC2)CC1. The lowest BCUT2D eigenvalue weighted by molar-refractivity contribution is 0.217. The molecule has 1 saturated heterocycles. The molecule has 0 bridgehead atoms. The number of rotatable bonds is 6. The van der Waals surface area contributed by atoms with Crippen molar-refractivity contribution in [1.82, 2.24) is 4.31 Å². The third-order valence-corrected chi connectivity index (χ3v) is 8.97. The third kappa shape index (κ3) is 3.75. The van der Waals surface area contributed by atoms with Gasteiger partial charge in [-0.1, -0.05) is 22.4 Å². The second-order valence-electron chi connectivity index (χ2n) is 5.63. The molecule has 8 heteroatoms. The van der Waals surface area contributed by atoms with Gasteiger partial charge in [0.25, 0.3) is 0 Å². The molecule has 118 valence electrons. The molecule has 5 nitrogen and oxygen atoms in total. The van der Waals surface area contributed by atoms with E-state index in [9.17, 15) is 16.8 Å². The van der Waals surface area contributed by atoms with Gasteiger partial charge in [-0.3, -0.25) is 0 Å². The molecule has 0 aromatic carbocycles. The van der Waals surface area contributed by atoms with Crippen molar-refractivity contribution in [3.8, 4) is 0 Å². The summed E-state index contributed by atoms with van der Waals surface area (Å²) in [5.41, 5.74) is 0. The highest BCUT2D eigenvalue weighted by Gasteiger charge is 2.40. The molecule has 0 unspecified atom stereocenters. The summed E-state index contributed by atoms with van der Waals surface area (Å²) in [6, 6.07) is 0.137. The molecule has 1 saturated carbocycles. The molecule has 2 rings (SSSR count). The third-order valence-electron chi connectivity index (χ3n) is 4.24. The molecule has 0 atom stereocenters. The Kier molecular flexibility index (Phi) is 5.53. The van der Waals surface area contributed by atoms with Crippen LogP contribution >= 0.6 is 15.9 Å². The van der Waals surface area contributed by atoms with E-state index in [-0.39, 0.29) is 30.4 Å². The van der Waals surface area contributed by atoms with Crippen LogP contribution in [0.2, 0.25) is 0 Å². The lowest BCUT2D eigenvalue weighted by atomic mass is 9.93. The molecule has 0 spiro atoms. The zero-order valence-corrected chi connectivity index (χ0v) is 14.7. The Morgan fingerprint density at radius 2 is 1.70 bits per heavy atom. The number of hydrogen-bond acceptors (Lipinski definition) is 4. The molecule has 0 aromatic heterocycles. The van der Waals surface area contributed by atoms with E-state index in [4.69, 9.17) is 0 Å². The van der Waals surface area contributed by atoms with Gasteiger partial charge in [0.1, 0.15) is 9.84 Å². The standard InChI is InChI=1S/C12H22BrNO4S2/c13-7-2-8-14(11-3-1-4-11)20(17,18)12-5-9-19(15,16)10-6-12/h11-12H,1-10H2. The number of halogens is 1. The largest absolute Gasteiger partial charge is 0.229 e. The summed E-state index contributed by atoms with van der Waals surface area (Å²) in [5, 5.41) is 0.270. The van der Waals surface area contributed by atoms with Crippen LogP contribution in [0.4, 0.5) is 0 Å². The Labute approximate surface area is 130 Å². The zero-order chi connectivity index (χ0) is 14.8. The molecule has 1 aliphatic heterocycles. The van der Waals surface area contributed by atoms with Crippen molar-refractivity contribution >= 4 is 35.8 Å². The molecular formula is C12H22BrNO4S2. The van der Waals surface area contributed by atoms with Crippen molar-refractivity contribution in [3.63, 3.8) is 0 Å². The number of sulfone groups is 1. The second-order valence-corrected chi connectivity index (χ2v) is 10.9. The van der Waals surface area contributed by atoms with Gasteiger partial charge in [0.05, 0.1) is 16.8 Å². The first-order valence-corrected chi connectivity index (χ1v) is 11.6. The Morgan fingerprint density at radius 1 is 1.10 bits per heavy atom. The monoisotopic (exact) mass is 387 g/mol. The van der Waals surface area contributed by atoms with E-state index in [1.807, 2.05) is 0 Å². The van der Waals surface area contributed by atoms with Crippen molar-refractivity contribution in [3.05, 3.63) is 0 Å². The average molecular weight is 388 g/mol. The van der Waals surface area contributed by atoms with Crippen LogP contribution < -0.4 is 0 Å². The van der Waals surface area contributed by atoms with Gasteiger partial charge < -0.3 is 0 Å². The fraction of sp³-hybridized carbons (Fsp3) is 1.00. The van der Waals surface area contributed by atoms with Gasteiger partial charge in [0.2, 0.25) is 10.0 Å². The van der Waals surface area contributed by atoms with E-state index < -0.39 is 25.1 Å². The Bertz CT molecular complexity index is 514. The van der Waals surface area contributed by atoms with E-state index in [1.54, 1.807) is 4.31 Å². The summed E-state index contributed by atoms with van der Waals surface area (Å²) in [7, 11) is -6.38. The van der Waals surface area contributed by atoms with Crippen molar-refractivity contribution in [2.75, 3.05) is 23.4 Å². The van der Waals surface area contributed by atoms with Crippen molar-refractivity contribution in [1.29, 1.82) is 0 Å². The summed E-state index contributed by atoms with van der Waals surface area (Å²) < 4.78 is 50.1.